The zero-order chi connectivity index (χ0) is 21.7. The van der Waals surface area contributed by atoms with Crippen molar-refractivity contribution in [3.63, 3.8) is 0 Å². The maximum absolute atomic E-state index is 13.3. The number of aliphatic hydroxyl groups excluding tert-OH is 1. The number of rotatable bonds is 8. The standard InChI is InChI=1S/C22H29ClN2O4S/c1-16(2)14-25(15-17-3-5-18(23)6-4-17)30(27,28)20-9-7-19(8-10-20)29-22-11-12-24-13-21(22)26/h3-10,16,21-22,24,26H,11-15H2,1-2H3/t21-,22-/m1/s1. The van der Waals surface area contributed by atoms with Gasteiger partial charge in [0.2, 0.25) is 10.0 Å². The largest absolute Gasteiger partial charge is 0.488 e. The van der Waals surface area contributed by atoms with Crippen LogP contribution in [0.2, 0.25) is 5.02 Å². The van der Waals surface area contributed by atoms with Crippen LogP contribution < -0.4 is 10.1 Å². The summed E-state index contributed by atoms with van der Waals surface area (Å²) in [5.74, 6) is 0.726. The number of hydrogen-bond acceptors (Lipinski definition) is 5. The predicted molar refractivity (Wildman–Crippen MR) is 118 cm³/mol. The minimum Gasteiger partial charge on any atom is -0.488 e. The molecule has 1 aliphatic rings. The molecule has 0 aromatic heterocycles. The van der Waals surface area contributed by atoms with Crippen molar-refractivity contribution < 1.29 is 18.3 Å². The Hall–Kier alpha value is -1.64. The molecular formula is C22H29ClN2O4S. The number of ether oxygens (including phenoxy) is 1. The molecule has 8 heteroatoms. The van der Waals surface area contributed by atoms with Gasteiger partial charge < -0.3 is 15.2 Å². The van der Waals surface area contributed by atoms with Crippen LogP contribution in [0, 0.1) is 5.92 Å². The molecule has 2 aromatic rings. The Morgan fingerprint density at radius 2 is 1.83 bits per heavy atom. The summed E-state index contributed by atoms with van der Waals surface area (Å²) in [6.45, 7) is 5.94. The highest BCUT2D eigenvalue weighted by Crippen LogP contribution is 2.24. The molecule has 164 valence electrons. The minimum absolute atomic E-state index is 0.177. The Kier molecular flexibility index (Phi) is 7.76. The average molecular weight is 453 g/mol. The van der Waals surface area contributed by atoms with E-state index in [0.717, 1.165) is 12.1 Å². The maximum atomic E-state index is 13.3. The highest BCUT2D eigenvalue weighted by molar-refractivity contribution is 7.89. The molecule has 2 N–H and O–H groups in total. The Balaban J connectivity index is 1.77. The lowest BCUT2D eigenvalue weighted by atomic mass is 10.1. The average Bonchev–Trinajstić information content (AvgIpc) is 2.71. The molecular weight excluding hydrogens is 424 g/mol. The summed E-state index contributed by atoms with van der Waals surface area (Å²) in [7, 11) is -3.68. The van der Waals surface area contributed by atoms with Crippen molar-refractivity contribution in [1.82, 2.24) is 9.62 Å². The number of nitrogens with one attached hydrogen (secondary N) is 1. The van der Waals surface area contributed by atoms with Gasteiger partial charge in [-0.15, -0.1) is 0 Å². The van der Waals surface area contributed by atoms with Crippen molar-refractivity contribution in [3.05, 3.63) is 59.1 Å². The van der Waals surface area contributed by atoms with E-state index < -0.39 is 16.1 Å². The monoisotopic (exact) mass is 452 g/mol. The Labute approximate surface area is 183 Å². The quantitative estimate of drug-likeness (QED) is 0.642. The van der Waals surface area contributed by atoms with E-state index in [9.17, 15) is 13.5 Å². The van der Waals surface area contributed by atoms with E-state index in [1.807, 2.05) is 26.0 Å². The SMILES string of the molecule is CC(C)CN(Cc1ccc(Cl)cc1)S(=O)(=O)c1ccc(O[C@@H]2CCNC[C@H]2O)cc1. The first-order chi connectivity index (χ1) is 14.3. The highest BCUT2D eigenvalue weighted by Gasteiger charge is 2.27. The van der Waals surface area contributed by atoms with Gasteiger partial charge in [0.1, 0.15) is 18.0 Å². The predicted octanol–water partition coefficient (Wildman–Crippen LogP) is 3.29. The molecule has 0 amide bonds. The van der Waals surface area contributed by atoms with Crippen LogP contribution in [0.3, 0.4) is 0 Å². The van der Waals surface area contributed by atoms with Crippen molar-refractivity contribution in [3.8, 4) is 5.75 Å². The van der Waals surface area contributed by atoms with Crippen molar-refractivity contribution in [1.29, 1.82) is 0 Å². The van der Waals surface area contributed by atoms with Gasteiger partial charge in [-0.2, -0.15) is 4.31 Å². The van der Waals surface area contributed by atoms with Gasteiger partial charge in [0.25, 0.3) is 0 Å². The molecule has 0 aliphatic carbocycles. The summed E-state index contributed by atoms with van der Waals surface area (Å²) in [4.78, 5) is 0.218. The van der Waals surface area contributed by atoms with E-state index in [4.69, 9.17) is 16.3 Å². The maximum Gasteiger partial charge on any atom is 0.243 e. The summed E-state index contributed by atoms with van der Waals surface area (Å²) in [6.07, 6.45) is -0.177. The van der Waals surface area contributed by atoms with Crippen molar-refractivity contribution >= 4 is 21.6 Å². The second-order valence-corrected chi connectivity index (χ2v) is 10.4. The molecule has 30 heavy (non-hydrogen) atoms. The zero-order valence-electron chi connectivity index (χ0n) is 17.3. The lowest BCUT2D eigenvalue weighted by molar-refractivity contribution is 0.0162. The van der Waals surface area contributed by atoms with Crippen molar-refractivity contribution in [2.75, 3.05) is 19.6 Å². The Bertz CT molecular complexity index is 917. The van der Waals surface area contributed by atoms with Gasteiger partial charge in [-0.3, -0.25) is 0 Å². The van der Waals surface area contributed by atoms with Gasteiger partial charge >= 0.3 is 0 Å². The summed E-state index contributed by atoms with van der Waals surface area (Å²) < 4.78 is 34.0. The lowest BCUT2D eigenvalue weighted by Crippen LogP contribution is -2.46. The van der Waals surface area contributed by atoms with Gasteiger partial charge in [-0.25, -0.2) is 8.42 Å². The minimum atomic E-state index is -3.68. The van der Waals surface area contributed by atoms with E-state index in [2.05, 4.69) is 5.32 Å². The molecule has 2 atom stereocenters. The topological polar surface area (TPSA) is 78.9 Å². The zero-order valence-corrected chi connectivity index (χ0v) is 18.9. The number of β-amino-alcohol motifs (C(OH)–C–C–N with tert-alkyl or cyclic N) is 1. The van der Waals surface area contributed by atoms with E-state index in [1.54, 1.807) is 36.4 Å². The number of aliphatic hydroxyl groups is 1. The number of hydrogen-bond donors (Lipinski definition) is 2. The molecule has 1 saturated heterocycles. The number of nitrogens with zero attached hydrogens (tertiary/aromatic N) is 1. The fraction of sp³-hybridized carbons (Fsp3) is 0.455. The third-order valence-corrected chi connectivity index (χ3v) is 7.06. The van der Waals surface area contributed by atoms with Crippen LogP contribution in [0.15, 0.2) is 53.4 Å². The molecule has 6 nitrogen and oxygen atoms in total. The van der Waals surface area contributed by atoms with E-state index in [0.29, 0.717) is 30.3 Å². The normalized spacial score (nSPS) is 19.9. The molecule has 0 unspecified atom stereocenters. The molecule has 1 heterocycles. The van der Waals surface area contributed by atoms with Gasteiger partial charge in [-0.05, 0) is 60.8 Å². The summed E-state index contributed by atoms with van der Waals surface area (Å²) >= 11 is 5.95. The number of halogens is 1. The molecule has 0 radical (unpaired) electrons. The molecule has 0 saturated carbocycles. The first kappa shape index (κ1) is 23.0. The van der Waals surface area contributed by atoms with Crippen LogP contribution in [0.5, 0.6) is 5.75 Å². The smallest absolute Gasteiger partial charge is 0.243 e. The van der Waals surface area contributed by atoms with Gasteiger partial charge in [-0.1, -0.05) is 37.6 Å². The molecule has 0 spiro atoms. The summed E-state index contributed by atoms with van der Waals surface area (Å²) in [5, 5.41) is 13.8. The Morgan fingerprint density at radius 1 is 1.17 bits per heavy atom. The van der Waals surface area contributed by atoms with Crippen molar-refractivity contribution in [2.24, 2.45) is 5.92 Å². The second-order valence-electron chi connectivity index (χ2n) is 8.01. The van der Waals surface area contributed by atoms with Gasteiger partial charge in [0.05, 0.1) is 4.90 Å². The highest BCUT2D eigenvalue weighted by atomic mass is 35.5. The third-order valence-electron chi connectivity index (χ3n) is 4.98. The molecule has 1 aliphatic heterocycles. The molecule has 0 bridgehead atoms. The van der Waals surface area contributed by atoms with E-state index in [1.165, 1.54) is 4.31 Å². The van der Waals surface area contributed by atoms with Gasteiger partial charge in [0.15, 0.2) is 0 Å². The fourth-order valence-corrected chi connectivity index (χ4v) is 5.14. The number of piperidine rings is 1. The van der Waals surface area contributed by atoms with Crippen LogP contribution >= 0.6 is 11.6 Å². The van der Waals surface area contributed by atoms with Crippen LogP contribution in [0.1, 0.15) is 25.8 Å². The second kappa shape index (κ2) is 10.1. The van der Waals surface area contributed by atoms with E-state index >= 15 is 0 Å². The molecule has 3 rings (SSSR count). The number of benzene rings is 2. The van der Waals surface area contributed by atoms with Crippen LogP contribution in [-0.4, -0.2) is 49.7 Å². The first-order valence-electron chi connectivity index (χ1n) is 10.2. The van der Waals surface area contributed by atoms with Crippen LogP contribution in [0.25, 0.3) is 0 Å². The Morgan fingerprint density at radius 3 is 2.43 bits per heavy atom. The molecule has 1 fully saturated rings. The number of sulfonamides is 1. The van der Waals surface area contributed by atoms with Crippen LogP contribution in [0.4, 0.5) is 0 Å². The fourth-order valence-electron chi connectivity index (χ4n) is 3.42. The molecule has 2 aromatic carbocycles. The van der Waals surface area contributed by atoms with Crippen LogP contribution in [-0.2, 0) is 16.6 Å². The summed E-state index contributed by atoms with van der Waals surface area (Å²) in [5.41, 5.74) is 0.878. The first-order valence-corrected chi connectivity index (χ1v) is 12.0. The van der Waals surface area contributed by atoms with E-state index in [-0.39, 0.29) is 23.5 Å². The van der Waals surface area contributed by atoms with Crippen molar-refractivity contribution in [2.45, 2.75) is 43.9 Å². The summed E-state index contributed by atoms with van der Waals surface area (Å²) in [6, 6.07) is 13.6. The lowest BCUT2D eigenvalue weighted by Gasteiger charge is -2.29. The van der Waals surface area contributed by atoms with Gasteiger partial charge in [0, 0.05) is 24.7 Å². The third kappa shape index (κ3) is 5.95.